The van der Waals surface area contributed by atoms with E-state index in [0.717, 1.165) is 0 Å². The highest BCUT2D eigenvalue weighted by Gasteiger charge is 2.01. The molecule has 1 unspecified atom stereocenters. The summed E-state index contributed by atoms with van der Waals surface area (Å²) >= 11 is 16.7. The molecule has 88 valence electrons. The average molecular weight is 279 g/mol. The Labute approximate surface area is 110 Å². The summed E-state index contributed by atoms with van der Waals surface area (Å²) in [6.07, 6.45) is -0.456. The Bertz CT molecular complexity index is 365. The highest BCUT2D eigenvalue weighted by Crippen LogP contribution is 2.22. The Kier molecular flexibility index (Phi) is 5.28. The van der Waals surface area contributed by atoms with Gasteiger partial charge in [0, 0.05) is 22.3 Å². The second-order valence-electron chi connectivity index (χ2n) is 3.34. The predicted molar refractivity (Wildman–Crippen MR) is 72.4 cm³/mol. The maximum absolute atomic E-state index is 9.06. The first-order valence-electron chi connectivity index (χ1n) is 4.66. The quantitative estimate of drug-likeness (QED) is 0.744. The molecule has 0 spiro atoms. The minimum Gasteiger partial charge on any atom is -0.392 e. The van der Waals surface area contributed by atoms with E-state index in [9.17, 15) is 0 Å². The fourth-order valence-corrected chi connectivity index (χ4v) is 1.77. The number of aliphatic hydroxyl groups is 1. The van der Waals surface area contributed by atoms with Gasteiger partial charge in [-0.2, -0.15) is 0 Å². The number of hydrogen-bond acceptors (Lipinski definition) is 2. The zero-order valence-electron chi connectivity index (χ0n) is 8.63. The number of thiocarbonyl (C=S) groups is 1. The lowest BCUT2D eigenvalue weighted by molar-refractivity contribution is 0.198. The van der Waals surface area contributed by atoms with E-state index in [-0.39, 0.29) is 0 Å². The molecular formula is C10H12Cl2N2OS. The molecule has 0 saturated heterocycles. The summed E-state index contributed by atoms with van der Waals surface area (Å²) in [4.78, 5) is 0. The monoisotopic (exact) mass is 278 g/mol. The Morgan fingerprint density at radius 2 is 1.94 bits per heavy atom. The molecule has 3 N–H and O–H groups in total. The number of nitrogens with one attached hydrogen (secondary N) is 2. The van der Waals surface area contributed by atoms with E-state index < -0.39 is 6.10 Å². The third-order valence-corrected chi connectivity index (χ3v) is 2.36. The lowest BCUT2D eigenvalue weighted by atomic mass is 10.3. The van der Waals surface area contributed by atoms with Crippen molar-refractivity contribution in [3.05, 3.63) is 28.2 Å². The SMILES string of the molecule is CC(O)CNC(=S)Nc1cc(Cl)cc(Cl)c1. The van der Waals surface area contributed by atoms with Crippen molar-refractivity contribution in [3.63, 3.8) is 0 Å². The van der Waals surface area contributed by atoms with Gasteiger partial charge in [0.2, 0.25) is 0 Å². The van der Waals surface area contributed by atoms with Crippen molar-refractivity contribution >= 4 is 46.2 Å². The lowest BCUT2D eigenvalue weighted by Gasteiger charge is -2.12. The molecule has 0 aliphatic heterocycles. The number of aliphatic hydroxyl groups excluding tert-OH is 1. The highest BCUT2D eigenvalue weighted by atomic mass is 35.5. The summed E-state index contributed by atoms with van der Waals surface area (Å²) in [5, 5.41) is 16.3. The molecule has 6 heteroatoms. The normalized spacial score (nSPS) is 12.0. The average Bonchev–Trinajstić information content (AvgIpc) is 2.12. The smallest absolute Gasteiger partial charge is 0.170 e. The first kappa shape index (κ1) is 13.5. The predicted octanol–water partition coefficient (Wildman–Crippen LogP) is 2.66. The molecule has 1 rings (SSSR count). The standard InChI is InChI=1S/C10H12Cl2N2OS/c1-6(15)5-13-10(16)14-9-3-7(11)2-8(12)4-9/h2-4,6,15H,5H2,1H3,(H2,13,14,16). The summed E-state index contributed by atoms with van der Waals surface area (Å²) in [6, 6.07) is 5.06. The fourth-order valence-electron chi connectivity index (χ4n) is 1.04. The van der Waals surface area contributed by atoms with Crippen LogP contribution in [0.5, 0.6) is 0 Å². The summed E-state index contributed by atoms with van der Waals surface area (Å²) in [6.45, 7) is 2.06. The van der Waals surface area contributed by atoms with E-state index in [1.54, 1.807) is 25.1 Å². The van der Waals surface area contributed by atoms with Crippen molar-refractivity contribution in [2.24, 2.45) is 0 Å². The van der Waals surface area contributed by atoms with Crippen LogP contribution in [0.4, 0.5) is 5.69 Å². The van der Waals surface area contributed by atoms with Crippen LogP contribution in [0.1, 0.15) is 6.92 Å². The van der Waals surface area contributed by atoms with Crippen molar-refractivity contribution in [3.8, 4) is 0 Å². The molecule has 0 aliphatic rings. The van der Waals surface area contributed by atoms with Crippen LogP contribution in [-0.2, 0) is 0 Å². The summed E-state index contributed by atoms with van der Waals surface area (Å²) in [7, 11) is 0. The van der Waals surface area contributed by atoms with E-state index in [4.69, 9.17) is 40.5 Å². The van der Waals surface area contributed by atoms with E-state index in [1.807, 2.05) is 0 Å². The molecule has 1 aromatic carbocycles. The molecule has 0 saturated carbocycles. The Morgan fingerprint density at radius 3 is 2.44 bits per heavy atom. The molecule has 0 aromatic heterocycles. The number of halogens is 2. The molecule has 3 nitrogen and oxygen atoms in total. The number of anilines is 1. The van der Waals surface area contributed by atoms with E-state index in [2.05, 4.69) is 10.6 Å². The van der Waals surface area contributed by atoms with Crippen LogP contribution in [0, 0.1) is 0 Å². The van der Waals surface area contributed by atoms with Gasteiger partial charge in [-0.3, -0.25) is 0 Å². The lowest BCUT2D eigenvalue weighted by Crippen LogP contribution is -2.33. The topological polar surface area (TPSA) is 44.3 Å². The van der Waals surface area contributed by atoms with Gasteiger partial charge in [-0.15, -0.1) is 0 Å². The molecule has 0 aliphatic carbocycles. The summed E-state index contributed by atoms with van der Waals surface area (Å²) in [5.41, 5.74) is 0.709. The minimum absolute atomic E-state index is 0.389. The van der Waals surface area contributed by atoms with Crippen LogP contribution >= 0.6 is 35.4 Å². The van der Waals surface area contributed by atoms with Crippen molar-refractivity contribution in [1.82, 2.24) is 5.32 Å². The zero-order chi connectivity index (χ0) is 12.1. The van der Waals surface area contributed by atoms with E-state index >= 15 is 0 Å². The highest BCUT2D eigenvalue weighted by molar-refractivity contribution is 7.80. The first-order valence-corrected chi connectivity index (χ1v) is 5.83. The van der Waals surface area contributed by atoms with Crippen molar-refractivity contribution in [1.29, 1.82) is 0 Å². The number of benzene rings is 1. The van der Waals surface area contributed by atoms with Gasteiger partial charge in [-0.1, -0.05) is 23.2 Å². The van der Waals surface area contributed by atoms with Gasteiger partial charge in [0.1, 0.15) is 0 Å². The van der Waals surface area contributed by atoms with Crippen molar-refractivity contribution < 1.29 is 5.11 Å². The van der Waals surface area contributed by atoms with Crippen LogP contribution in [0.15, 0.2) is 18.2 Å². The molecule has 1 atom stereocenters. The van der Waals surface area contributed by atoms with Gasteiger partial charge in [-0.05, 0) is 37.3 Å². The summed E-state index contributed by atoms with van der Waals surface area (Å²) in [5.74, 6) is 0. The zero-order valence-corrected chi connectivity index (χ0v) is 11.0. The van der Waals surface area contributed by atoms with Gasteiger partial charge >= 0.3 is 0 Å². The van der Waals surface area contributed by atoms with Crippen molar-refractivity contribution in [2.75, 3.05) is 11.9 Å². The van der Waals surface area contributed by atoms with Crippen LogP contribution in [0.25, 0.3) is 0 Å². The minimum atomic E-state index is -0.456. The van der Waals surface area contributed by atoms with Crippen LogP contribution in [-0.4, -0.2) is 22.9 Å². The van der Waals surface area contributed by atoms with Gasteiger partial charge in [0.15, 0.2) is 5.11 Å². The molecule has 0 heterocycles. The van der Waals surface area contributed by atoms with Crippen LogP contribution in [0.2, 0.25) is 10.0 Å². The van der Waals surface area contributed by atoms with Gasteiger partial charge in [-0.25, -0.2) is 0 Å². The number of rotatable bonds is 3. The Hall–Kier alpha value is -0.550. The summed E-state index contributed by atoms with van der Waals surface area (Å²) < 4.78 is 0. The molecule has 0 bridgehead atoms. The van der Waals surface area contributed by atoms with Crippen LogP contribution in [0.3, 0.4) is 0 Å². The molecule has 0 fully saturated rings. The van der Waals surface area contributed by atoms with Gasteiger partial charge in [0.25, 0.3) is 0 Å². The van der Waals surface area contributed by atoms with Crippen molar-refractivity contribution in [2.45, 2.75) is 13.0 Å². The molecule has 1 aromatic rings. The number of hydrogen-bond donors (Lipinski definition) is 3. The van der Waals surface area contributed by atoms with Crippen LogP contribution < -0.4 is 10.6 Å². The second-order valence-corrected chi connectivity index (χ2v) is 4.62. The third-order valence-electron chi connectivity index (χ3n) is 1.68. The van der Waals surface area contributed by atoms with E-state index in [0.29, 0.717) is 27.4 Å². The molecule has 0 radical (unpaired) electrons. The first-order chi connectivity index (χ1) is 7.47. The Morgan fingerprint density at radius 1 is 1.38 bits per heavy atom. The van der Waals surface area contributed by atoms with Gasteiger partial charge < -0.3 is 15.7 Å². The molecule has 16 heavy (non-hydrogen) atoms. The second kappa shape index (κ2) is 6.25. The third kappa shape index (κ3) is 4.99. The van der Waals surface area contributed by atoms with E-state index in [1.165, 1.54) is 0 Å². The molecule has 0 amide bonds. The van der Waals surface area contributed by atoms with Gasteiger partial charge in [0.05, 0.1) is 6.10 Å². The largest absolute Gasteiger partial charge is 0.392 e. The Balaban J connectivity index is 2.56. The maximum Gasteiger partial charge on any atom is 0.170 e. The maximum atomic E-state index is 9.06. The fraction of sp³-hybridized carbons (Fsp3) is 0.300. The molecular weight excluding hydrogens is 267 g/mol.